The van der Waals surface area contributed by atoms with E-state index in [-0.39, 0.29) is 12.1 Å². The maximum Gasteiger partial charge on any atom is 0.314 e. The van der Waals surface area contributed by atoms with E-state index >= 15 is 0 Å². The summed E-state index contributed by atoms with van der Waals surface area (Å²) < 4.78 is 5.44. The molecule has 1 fully saturated rings. The van der Waals surface area contributed by atoms with E-state index in [0.29, 0.717) is 12.6 Å². The standard InChI is InChI=1S/C10H20N2O2/c1-8(2)12-10(13)11-6-5-9-4-3-7-14-9/h8-9H,3-7H2,1-2H3,(H2,11,12,13). The molecule has 1 heterocycles. The molecule has 0 aromatic carbocycles. The minimum absolute atomic E-state index is 0.0852. The van der Waals surface area contributed by atoms with E-state index in [9.17, 15) is 4.79 Å². The van der Waals surface area contributed by atoms with Gasteiger partial charge in [0.1, 0.15) is 0 Å². The Kier molecular flexibility index (Phi) is 4.73. The molecule has 1 unspecified atom stereocenters. The summed E-state index contributed by atoms with van der Waals surface area (Å²) in [5, 5.41) is 5.59. The molecule has 82 valence electrons. The van der Waals surface area contributed by atoms with Crippen molar-refractivity contribution in [2.75, 3.05) is 13.2 Å². The lowest BCUT2D eigenvalue weighted by Crippen LogP contribution is -2.40. The van der Waals surface area contributed by atoms with Crippen LogP contribution in [0.5, 0.6) is 0 Å². The molecule has 1 aliphatic rings. The Morgan fingerprint density at radius 1 is 1.57 bits per heavy atom. The summed E-state index contributed by atoms with van der Waals surface area (Å²) in [6, 6.07) is 0.107. The molecule has 4 nitrogen and oxygen atoms in total. The highest BCUT2D eigenvalue weighted by molar-refractivity contribution is 5.73. The molecule has 14 heavy (non-hydrogen) atoms. The van der Waals surface area contributed by atoms with E-state index < -0.39 is 0 Å². The van der Waals surface area contributed by atoms with E-state index in [2.05, 4.69) is 10.6 Å². The number of nitrogens with one attached hydrogen (secondary N) is 2. The van der Waals surface area contributed by atoms with E-state index in [4.69, 9.17) is 4.74 Å². The zero-order chi connectivity index (χ0) is 10.4. The number of rotatable bonds is 4. The van der Waals surface area contributed by atoms with Gasteiger partial charge in [-0.15, -0.1) is 0 Å². The summed E-state index contributed by atoms with van der Waals surface area (Å²) in [6.07, 6.45) is 3.57. The van der Waals surface area contributed by atoms with Gasteiger partial charge in [0, 0.05) is 19.2 Å². The minimum atomic E-state index is -0.0852. The van der Waals surface area contributed by atoms with Crippen molar-refractivity contribution < 1.29 is 9.53 Å². The van der Waals surface area contributed by atoms with Crippen LogP contribution in [0.25, 0.3) is 0 Å². The van der Waals surface area contributed by atoms with Gasteiger partial charge < -0.3 is 15.4 Å². The molecule has 0 saturated carbocycles. The van der Waals surface area contributed by atoms with Crippen LogP contribution in [0.3, 0.4) is 0 Å². The fourth-order valence-corrected chi connectivity index (χ4v) is 1.53. The molecule has 0 spiro atoms. The van der Waals surface area contributed by atoms with Crippen LogP contribution in [-0.2, 0) is 4.74 Å². The summed E-state index contributed by atoms with van der Waals surface area (Å²) >= 11 is 0. The Labute approximate surface area is 85.4 Å². The highest BCUT2D eigenvalue weighted by Gasteiger charge is 2.14. The first kappa shape index (κ1) is 11.3. The first-order chi connectivity index (χ1) is 6.68. The summed E-state index contributed by atoms with van der Waals surface area (Å²) in [4.78, 5) is 11.2. The normalized spacial score (nSPS) is 21.2. The topological polar surface area (TPSA) is 50.4 Å². The summed E-state index contributed by atoms with van der Waals surface area (Å²) in [7, 11) is 0. The highest BCUT2D eigenvalue weighted by Crippen LogP contribution is 2.14. The molecule has 0 aromatic rings. The molecule has 1 saturated heterocycles. The first-order valence-corrected chi connectivity index (χ1v) is 5.34. The van der Waals surface area contributed by atoms with E-state index in [1.54, 1.807) is 0 Å². The zero-order valence-corrected chi connectivity index (χ0v) is 9.01. The quantitative estimate of drug-likeness (QED) is 0.718. The third-order valence-electron chi connectivity index (χ3n) is 2.20. The number of urea groups is 1. The molecule has 0 bridgehead atoms. The minimum Gasteiger partial charge on any atom is -0.378 e. The van der Waals surface area contributed by atoms with Gasteiger partial charge in [-0.25, -0.2) is 4.79 Å². The van der Waals surface area contributed by atoms with Crippen molar-refractivity contribution >= 4 is 6.03 Å². The Hall–Kier alpha value is -0.770. The molecule has 4 heteroatoms. The average Bonchev–Trinajstić information content (AvgIpc) is 2.55. The van der Waals surface area contributed by atoms with Crippen LogP contribution in [0.1, 0.15) is 33.1 Å². The second-order valence-electron chi connectivity index (χ2n) is 3.98. The van der Waals surface area contributed by atoms with Gasteiger partial charge in [-0.1, -0.05) is 0 Å². The van der Waals surface area contributed by atoms with Gasteiger partial charge in [-0.05, 0) is 33.1 Å². The number of carbonyl (C=O) groups excluding carboxylic acids is 1. The number of hydrogen-bond donors (Lipinski definition) is 2. The second kappa shape index (κ2) is 5.86. The predicted octanol–water partition coefficient (Wildman–Crippen LogP) is 1.26. The molecular weight excluding hydrogens is 180 g/mol. The van der Waals surface area contributed by atoms with Gasteiger partial charge in [0.2, 0.25) is 0 Å². The summed E-state index contributed by atoms with van der Waals surface area (Å²) in [5.41, 5.74) is 0. The average molecular weight is 200 g/mol. The van der Waals surface area contributed by atoms with Crippen molar-refractivity contribution in [2.45, 2.75) is 45.3 Å². The highest BCUT2D eigenvalue weighted by atomic mass is 16.5. The smallest absolute Gasteiger partial charge is 0.314 e. The lowest BCUT2D eigenvalue weighted by atomic mass is 10.2. The molecule has 1 rings (SSSR count). The van der Waals surface area contributed by atoms with Crippen LogP contribution in [-0.4, -0.2) is 31.3 Å². The van der Waals surface area contributed by atoms with Gasteiger partial charge in [-0.2, -0.15) is 0 Å². The number of amides is 2. The molecular formula is C10H20N2O2. The fourth-order valence-electron chi connectivity index (χ4n) is 1.53. The molecule has 2 N–H and O–H groups in total. The van der Waals surface area contributed by atoms with Crippen molar-refractivity contribution in [1.82, 2.24) is 10.6 Å². The number of carbonyl (C=O) groups is 1. The monoisotopic (exact) mass is 200 g/mol. The first-order valence-electron chi connectivity index (χ1n) is 5.34. The van der Waals surface area contributed by atoms with Gasteiger partial charge >= 0.3 is 6.03 Å². The Morgan fingerprint density at radius 2 is 2.36 bits per heavy atom. The fraction of sp³-hybridized carbons (Fsp3) is 0.900. The molecule has 0 radical (unpaired) electrons. The van der Waals surface area contributed by atoms with Gasteiger partial charge in [0.25, 0.3) is 0 Å². The van der Waals surface area contributed by atoms with Gasteiger partial charge in [-0.3, -0.25) is 0 Å². The van der Waals surface area contributed by atoms with Crippen molar-refractivity contribution in [3.8, 4) is 0 Å². The van der Waals surface area contributed by atoms with E-state index in [0.717, 1.165) is 25.9 Å². The van der Waals surface area contributed by atoms with Gasteiger partial charge in [0.05, 0.1) is 6.10 Å². The third-order valence-corrected chi connectivity index (χ3v) is 2.20. The van der Waals surface area contributed by atoms with Crippen molar-refractivity contribution in [3.63, 3.8) is 0 Å². The van der Waals surface area contributed by atoms with Crippen LogP contribution >= 0.6 is 0 Å². The van der Waals surface area contributed by atoms with Crippen LogP contribution in [0, 0.1) is 0 Å². The van der Waals surface area contributed by atoms with Crippen molar-refractivity contribution in [1.29, 1.82) is 0 Å². The van der Waals surface area contributed by atoms with Crippen molar-refractivity contribution in [3.05, 3.63) is 0 Å². The molecule has 1 atom stereocenters. The lowest BCUT2D eigenvalue weighted by Gasteiger charge is -2.12. The number of hydrogen-bond acceptors (Lipinski definition) is 2. The molecule has 0 aliphatic carbocycles. The van der Waals surface area contributed by atoms with Crippen LogP contribution in [0.15, 0.2) is 0 Å². The van der Waals surface area contributed by atoms with Crippen molar-refractivity contribution in [2.24, 2.45) is 0 Å². The van der Waals surface area contributed by atoms with Crippen LogP contribution in [0.4, 0.5) is 4.79 Å². The lowest BCUT2D eigenvalue weighted by molar-refractivity contribution is 0.104. The van der Waals surface area contributed by atoms with Crippen LogP contribution < -0.4 is 10.6 Å². The van der Waals surface area contributed by atoms with E-state index in [1.807, 2.05) is 13.8 Å². The second-order valence-corrected chi connectivity index (χ2v) is 3.98. The summed E-state index contributed by atoms with van der Waals surface area (Å²) in [5.74, 6) is 0. The molecule has 1 aliphatic heterocycles. The molecule has 0 aromatic heterocycles. The third kappa shape index (κ3) is 4.46. The molecule has 2 amide bonds. The number of ether oxygens (including phenoxy) is 1. The Bertz CT molecular complexity index is 177. The zero-order valence-electron chi connectivity index (χ0n) is 9.01. The largest absolute Gasteiger partial charge is 0.378 e. The summed E-state index contributed by atoms with van der Waals surface area (Å²) in [6.45, 7) is 5.46. The van der Waals surface area contributed by atoms with Gasteiger partial charge in [0.15, 0.2) is 0 Å². The maximum atomic E-state index is 11.2. The Balaban J connectivity index is 1.99. The predicted molar refractivity (Wildman–Crippen MR) is 55.3 cm³/mol. The van der Waals surface area contributed by atoms with E-state index in [1.165, 1.54) is 0 Å². The Morgan fingerprint density at radius 3 is 2.93 bits per heavy atom. The SMILES string of the molecule is CC(C)NC(=O)NCCC1CCCO1. The maximum absolute atomic E-state index is 11.2. The van der Waals surface area contributed by atoms with Crippen LogP contribution in [0.2, 0.25) is 0 Å².